The van der Waals surface area contributed by atoms with Crippen LogP contribution in [0.4, 0.5) is 13.2 Å². The molecule has 1 aromatic heterocycles. The Morgan fingerprint density at radius 1 is 1.48 bits per heavy atom. The number of aliphatic hydroxyl groups excluding tert-OH is 1. The van der Waals surface area contributed by atoms with E-state index in [1.54, 1.807) is 0 Å². The van der Waals surface area contributed by atoms with E-state index in [0.717, 1.165) is 0 Å². The van der Waals surface area contributed by atoms with Gasteiger partial charge in [-0.3, -0.25) is 14.6 Å². The van der Waals surface area contributed by atoms with Crippen molar-refractivity contribution in [1.82, 2.24) is 15.3 Å². The molecule has 3 atom stereocenters. The highest BCUT2D eigenvalue weighted by Gasteiger charge is 2.38. The summed E-state index contributed by atoms with van der Waals surface area (Å²) in [6.45, 7) is -0.921. The van der Waals surface area contributed by atoms with Crippen molar-refractivity contribution in [3.05, 3.63) is 32.1 Å². The smallest absolute Gasteiger partial charge is 0.390 e. The molecule has 0 spiro atoms. The van der Waals surface area contributed by atoms with Crippen molar-refractivity contribution in [2.24, 2.45) is 0 Å². The second-order valence-electron chi connectivity index (χ2n) is 5.15. The monoisotopic (exact) mass is 362 g/mol. The van der Waals surface area contributed by atoms with E-state index >= 15 is 0 Å². The first-order valence-corrected chi connectivity index (χ1v) is 6.96. The molecule has 0 aromatic carbocycles. The highest BCUT2D eigenvalue weighted by molar-refractivity contribution is 5.81. The van der Waals surface area contributed by atoms with Crippen LogP contribution in [0, 0.1) is 11.8 Å². The van der Waals surface area contributed by atoms with Gasteiger partial charge in [0.15, 0.2) is 0 Å². The van der Waals surface area contributed by atoms with Gasteiger partial charge in [0.05, 0.1) is 24.4 Å². The fourth-order valence-electron chi connectivity index (χ4n) is 2.14. The fourth-order valence-corrected chi connectivity index (χ4v) is 2.14. The molecule has 136 valence electrons. The van der Waals surface area contributed by atoms with Crippen LogP contribution in [0.3, 0.4) is 0 Å². The molecule has 8 nitrogen and oxygen atoms in total. The molecule has 0 bridgehead atoms. The molecule has 1 amide bonds. The zero-order valence-corrected chi connectivity index (χ0v) is 12.6. The molecule has 11 heteroatoms. The zero-order valence-electron chi connectivity index (χ0n) is 13.6. The average molecular weight is 362 g/mol. The molecule has 4 N–H and O–H groups in total. The molecular weight excluding hydrogens is 347 g/mol. The first kappa shape index (κ1) is 17.2. The largest absolute Gasteiger partial charge is 0.471 e. The first-order chi connectivity index (χ1) is 12.1. The zero-order chi connectivity index (χ0) is 19.5. The number of aromatic nitrogens is 2. The van der Waals surface area contributed by atoms with Gasteiger partial charge in [0, 0.05) is 7.79 Å². The molecule has 1 aromatic rings. The molecule has 3 unspecified atom stereocenters. The molecule has 2 rings (SSSR count). The molecule has 2 heterocycles. The van der Waals surface area contributed by atoms with E-state index < -0.39 is 48.2 Å². The van der Waals surface area contributed by atoms with Gasteiger partial charge in [-0.1, -0.05) is 11.8 Å². The molecular formula is C14H14F3N3O5. The summed E-state index contributed by atoms with van der Waals surface area (Å²) >= 11 is 0. The summed E-state index contributed by atoms with van der Waals surface area (Å²) < 4.78 is 48.9. The highest BCUT2D eigenvalue weighted by atomic mass is 19.4. The van der Waals surface area contributed by atoms with Crippen LogP contribution in [0.5, 0.6) is 0 Å². The summed E-state index contributed by atoms with van der Waals surface area (Å²) in [6.07, 6.45) is -7.75. The van der Waals surface area contributed by atoms with Crippen LogP contribution >= 0.6 is 0 Å². The van der Waals surface area contributed by atoms with Gasteiger partial charge >= 0.3 is 17.8 Å². The van der Waals surface area contributed by atoms with Crippen molar-refractivity contribution in [3.8, 4) is 11.8 Å². The van der Waals surface area contributed by atoms with E-state index in [1.807, 2.05) is 4.98 Å². The van der Waals surface area contributed by atoms with Gasteiger partial charge in [0.25, 0.3) is 5.56 Å². The van der Waals surface area contributed by atoms with Gasteiger partial charge in [0.2, 0.25) is 0 Å². The SMILES string of the molecule is [2H]CC1OC(c2[nH]c(=O)[nH]c(=O)c2C#CCNC(=O)C(F)(F)F)CC1O. The van der Waals surface area contributed by atoms with Crippen molar-refractivity contribution in [2.45, 2.75) is 37.8 Å². The van der Waals surface area contributed by atoms with E-state index in [4.69, 9.17) is 6.11 Å². The summed E-state index contributed by atoms with van der Waals surface area (Å²) in [5.41, 5.74) is -2.07. The van der Waals surface area contributed by atoms with Crippen molar-refractivity contribution in [3.63, 3.8) is 0 Å². The number of alkyl halides is 3. The number of H-pyrrole nitrogens is 2. The van der Waals surface area contributed by atoms with E-state index in [9.17, 15) is 32.7 Å². The minimum atomic E-state index is -5.05. The number of ether oxygens (including phenoxy) is 1. The van der Waals surface area contributed by atoms with Crippen LogP contribution in [-0.2, 0) is 9.53 Å². The number of carbonyl (C=O) groups is 1. The van der Waals surface area contributed by atoms with Crippen LogP contribution in [-0.4, -0.2) is 45.9 Å². The second kappa shape index (κ2) is 7.12. The van der Waals surface area contributed by atoms with Crippen molar-refractivity contribution < 1.29 is 29.2 Å². The third-order valence-electron chi connectivity index (χ3n) is 3.33. The average Bonchev–Trinajstić information content (AvgIpc) is 2.92. The number of amides is 1. The Bertz CT molecular complexity index is 854. The molecule has 0 radical (unpaired) electrons. The Morgan fingerprint density at radius 2 is 2.20 bits per heavy atom. The second-order valence-corrected chi connectivity index (χ2v) is 5.15. The maximum atomic E-state index is 12.1. The lowest BCUT2D eigenvalue weighted by molar-refractivity contribution is -0.173. The van der Waals surface area contributed by atoms with Gasteiger partial charge in [-0.15, -0.1) is 0 Å². The maximum Gasteiger partial charge on any atom is 0.471 e. The lowest BCUT2D eigenvalue weighted by Gasteiger charge is -2.11. The summed E-state index contributed by atoms with van der Waals surface area (Å²) in [4.78, 5) is 38.3. The Morgan fingerprint density at radius 3 is 2.80 bits per heavy atom. The quantitative estimate of drug-likeness (QED) is 0.518. The number of nitrogens with one attached hydrogen (secondary N) is 3. The lowest BCUT2D eigenvalue weighted by atomic mass is 10.1. The van der Waals surface area contributed by atoms with Gasteiger partial charge in [-0.25, -0.2) is 4.79 Å². The molecule has 1 aliphatic heterocycles. The van der Waals surface area contributed by atoms with E-state index in [0.29, 0.717) is 0 Å². The number of hydrogen-bond donors (Lipinski definition) is 4. The predicted octanol–water partition coefficient (Wildman–Crippen LogP) is -0.696. The highest BCUT2D eigenvalue weighted by Crippen LogP contribution is 2.32. The van der Waals surface area contributed by atoms with E-state index in [-0.39, 0.29) is 24.6 Å². The maximum absolute atomic E-state index is 12.1. The Balaban J connectivity index is 2.25. The van der Waals surface area contributed by atoms with Gasteiger partial charge in [-0.2, -0.15) is 13.2 Å². The minimum absolute atomic E-state index is 0.00241. The molecule has 25 heavy (non-hydrogen) atoms. The van der Waals surface area contributed by atoms with Crippen LogP contribution in [0.1, 0.15) is 32.1 Å². The Hall–Kier alpha value is -2.58. The number of aliphatic hydroxyl groups is 1. The minimum Gasteiger partial charge on any atom is -0.390 e. The fraction of sp³-hybridized carbons (Fsp3) is 0.500. The number of hydrogen-bond acceptors (Lipinski definition) is 5. The summed E-state index contributed by atoms with van der Waals surface area (Å²) in [6, 6.07) is 0. The standard InChI is InChI=1S/C14H14F3N3O5/c1-6-8(21)5-9(25-6)10-7(11(22)20-13(24)19-10)3-2-4-18-12(23)14(15,16)17/h6,8-9,21H,4-5H2,1H3,(H,18,23)(H2,19,20,22,24)/i1D. The van der Waals surface area contributed by atoms with E-state index in [2.05, 4.69) is 16.8 Å². The van der Waals surface area contributed by atoms with E-state index in [1.165, 1.54) is 5.32 Å². The van der Waals surface area contributed by atoms with Crippen LogP contribution in [0.15, 0.2) is 9.59 Å². The predicted molar refractivity (Wildman–Crippen MR) is 77.5 cm³/mol. The molecule has 1 fully saturated rings. The third-order valence-corrected chi connectivity index (χ3v) is 3.33. The van der Waals surface area contributed by atoms with Gasteiger partial charge < -0.3 is 20.1 Å². The van der Waals surface area contributed by atoms with Crippen LogP contribution < -0.4 is 16.6 Å². The third kappa shape index (κ3) is 4.49. The lowest BCUT2D eigenvalue weighted by Crippen LogP contribution is -2.36. The summed E-state index contributed by atoms with van der Waals surface area (Å²) in [5, 5.41) is 11.3. The van der Waals surface area contributed by atoms with Gasteiger partial charge in [0.1, 0.15) is 11.7 Å². The van der Waals surface area contributed by atoms with Gasteiger partial charge in [-0.05, 0) is 6.90 Å². The number of halogens is 3. The number of carbonyl (C=O) groups excluding carboxylic acids is 1. The Labute approximate surface area is 139 Å². The molecule has 0 saturated carbocycles. The topological polar surface area (TPSA) is 124 Å². The van der Waals surface area contributed by atoms with Crippen LogP contribution in [0.2, 0.25) is 0 Å². The van der Waals surface area contributed by atoms with Crippen molar-refractivity contribution in [1.29, 1.82) is 0 Å². The summed E-state index contributed by atoms with van der Waals surface area (Å²) in [7, 11) is 0. The van der Waals surface area contributed by atoms with Crippen LogP contribution in [0.25, 0.3) is 0 Å². The van der Waals surface area contributed by atoms with Crippen molar-refractivity contribution in [2.75, 3.05) is 6.54 Å². The van der Waals surface area contributed by atoms with Crippen molar-refractivity contribution >= 4 is 5.91 Å². The summed E-state index contributed by atoms with van der Waals surface area (Å²) in [5.74, 6) is 2.29. The first-order valence-electron chi connectivity index (χ1n) is 7.67. The normalized spacial score (nSPS) is 23.5. The molecule has 1 aliphatic rings. The number of aromatic amines is 2. The molecule has 1 saturated heterocycles. The Kier molecular flexibility index (Phi) is 4.91. The molecule has 0 aliphatic carbocycles. The number of rotatable bonds is 2.